The van der Waals surface area contributed by atoms with Gasteiger partial charge in [-0.3, -0.25) is 9.59 Å². The molecule has 0 radical (unpaired) electrons. The van der Waals surface area contributed by atoms with Crippen molar-refractivity contribution in [1.29, 1.82) is 0 Å². The van der Waals surface area contributed by atoms with Crippen molar-refractivity contribution in [3.8, 4) is 0 Å². The number of hydrogen-bond donors (Lipinski definition) is 2. The van der Waals surface area contributed by atoms with Crippen molar-refractivity contribution in [1.82, 2.24) is 14.9 Å². The molecule has 0 spiro atoms. The third-order valence-corrected chi connectivity index (χ3v) is 7.67. The van der Waals surface area contributed by atoms with Crippen LogP contribution in [0.5, 0.6) is 0 Å². The van der Waals surface area contributed by atoms with Gasteiger partial charge in [0.15, 0.2) is 0 Å². The first-order valence-electron chi connectivity index (χ1n) is 8.81. The van der Waals surface area contributed by atoms with Gasteiger partial charge in [0, 0.05) is 20.1 Å². The van der Waals surface area contributed by atoms with Gasteiger partial charge in [-0.05, 0) is 36.6 Å². The van der Waals surface area contributed by atoms with Crippen LogP contribution in [0.4, 0.5) is 0 Å². The highest BCUT2D eigenvalue weighted by molar-refractivity contribution is 7.91. The predicted molar refractivity (Wildman–Crippen MR) is 101 cm³/mol. The second kappa shape index (κ2) is 8.96. The Morgan fingerprint density at radius 1 is 1.38 bits per heavy atom. The maximum atomic E-state index is 12.7. The number of carbonyl (C=O) groups excluding carboxylic acids is 2. The molecule has 7 nitrogen and oxygen atoms in total. The first-order chi connectivity index (χ1) is 12.3. The van der Waals surface area contributed by atoms with Crippen molar-refractivity contribution in [3.63, 3.8) is 0 Å². The van der Waals surface area contributed by atoms with Crippen molar-refractivity contribution in [3.05, 3.63) is 17.5 Å². The summed E-state index contributed by atoms with van der Waals surface area (Å²) >= 11 is 1.17. The summed E-state index contributed by atoms with van der Waals surface area (Å²) in [5, 5.41) is 7.10. The lowest BCUT2D eigenvalue weighted by Crippen LogP contribution is -2.51. The lowest BCUT2D eigenvalue weighted by Gasteiger charge is -2.31. The molecule has 2 unspecified atom stereocenters. The summed E-state index contributed by atoms with van der Waals surface area (Å²) in [5.41, 5.74) is 0. The molecular formula is C17H27N3O4S2. The number of rotatable bonds is 7. The number of piperidine rings is 1. The standard InChI is InChI=1S/C17H27N3O4S2/c1-12(2)10-14(17(22)18-3)19-16(21)13-6-4-8-20(11-13)26(23,24)15-7-5-9-25-15/h5,7,9,12-14H,4,6,8,10-11H2,1-3H3,(H,18,22)(H,19,21). The Balaban J connectivity index is 2.06. The van der Waals surface area contributed by atoms with Gasteiger partial charge in [0.25, 0.3) is 10.0 Å². The van der Waals surface area contributed by atoms with Gasteiger partial charge in [-0.2, -0.15) is 4.31 Å². The van der Waals surface area contributed by atoms with Crippen molar-refractivity contribution in [2.24, 2.45) is 11.8 Å². The maximum absolute atomic E-state index is 12.7. The molecule has 2 N–H and O–H groups in total. The zero-order valence-electron chi connectivity index (χ0n) is 15.4. The van der Waals surface area contributed by atoms with E-state index in [1.54, 1.807) is 17.5 Å². The summed E-state index contributed by atoms with van der Waals surface area (Å²) in [6.07, 6.45) is 1.78. The average molecular weight is 402 g/mol. The number of amides is 2. The normalized spacial score (nSPS) is 19.9. The van der Waals surface area contributed by atoms with Crippen LogP contribution in [0.1, 0.15) is 33.1 Å². The van der Waals surface area contributed by atoms with Crippen LogP contribution in [-0.2, 0) is 19.6 Å². The topological polar surface area (TPSA) is 95.6 Å². The quantitative estimate of drug-likeness (QED) is 0.722. The van der Waals surface area contributed by atoms with Crippen LogP contribution in [-0.4, -0.2) is 50.7 Å². The van der Waals surface area contributed by atoms with Gasteiger partial charge in [0.05, 0.1) is 5.92 Å². The lowest BCUT2D eigenvalue weighted by atomic mass is 9.97. The fourth-order valence-electron chi connectivity index (χ4n) is 3.08. The second-order valence-electron chi connectivity index (χ2n) is 6.94. The number of nitrogens with one attached hydrogen (secondary N) is 2. The summed E-state index contributed by atoms with van der Waals surface area (Å²) in [6, 6.07) is 2.68. The zero-order chi connectivity index (χ0) is 19.3. The molecule has 1 aromatic heterocycles. The van der Waals surface area contributed by atoms with Crippen LogP contribution >= 0.6 is 11.3 Å². The SMILES string of the molecule is CNC(=O)C(CC(C)C)NC(=O)C1CCCN(S(=O)(=O)c2cccs2)C1. The first kappa shape index (κ1) is 20.9. The van der Waals surface area contributed by atoms with E-state index in [-0.39, 0.29) is 24.3 Å². The molecule has 1 fully saturated rings. The molecule has 2 rings (SSSR count). The van der Waals surface area contributed by atoms with Gasteiger partial charge in [-0.15, -0.1) is 11.3 Å². The molecule has 0 bridgehead atoms. The molecule has 1 aromatic rings. The Kier molecular flexibility index (Phi) is 7.19. The monoisotopic (exact) mass is 401 g/mol. The van der Waals surface area contributed by atoms with Crippen LogP contribution in [0.2, 0.25) is 0 Å². The van der Waals surface area contributed by atoms with E-state index in [1.165, 1.54) is 22.7 Å². The van der Waals surface area contributed by atoms with Crippen LogP contribution in [0, 0.1) is 11.8 Å². The van der Waals surface area contributed by atoms with Gasteiger partial charge in [-0.1, -0.05) is 19.9 Å². The largest absolute Gasteiger partial charge is 0.357 e. The van der Waals surface area contributed by atoms with E-state index in [1.807, 2.05) is 13.8 Å². The van der Waals surface area contributed by atoms with Crippen molar-refractivity contribution < 1.29 is 18.0 Å². The number of thiophene rings is 1. The van der Waals surface area contributed by atoms with E-state index in [9.17, 15) is 18.0 Å². The minimum absolute atomic E-state index is 0.147. The fourth-order valence-corrected chi connectivity index (χ4v) is 5.75. The van der Waals surface area contributed by atoms with Crippen LogP contribution in [0.15, 0.2) is 21.7 Å². The number of hydrogen-bond acceptors (Lipinski definition) is 5. The Hall–Kier alpha value is -1.45. The number of likely N-dealkylation sites (N-methyl/N-ethyl adjacent to an activating group) is 1. The molecule has 1 aliphatic heterocycles. The molecule has 1 aliphatic rings. The minimum atomic E-state index is -3.56. The molecule has 0 aromatic carbocycles. The summed E-state index contributed by atoms with van der Waals surface area (Å²) in [6.45, 7) is 4.53. The van der Waals surface area contributed by atoms with Gasteiger partial charge in [0.1, 0.15) is 10.3 Å². The van der Waals surface area contributed by atoms with Crippen LogP contribution in [0.3, 0.4) is 0 Å². The van der Waals surface area contributed by atoms with E-state index in [0.717, 1.165) is 0 Å². The first-order valence-corrected chi connectivity index (χ1v) is 11.1. The highest BCUT2D eigenvalue weighted by atomic mass is 32.2. The molecular weight excluding hydrogens is 374 g/mol. The van der Waals surface area contributed by atoms with Crippen LogP contribution in [0.25, 0.3) is 0 Å². The summed E-state index contributed by atoms with van der Waals surface area (Å²) in [4.78, 5) is 24.7. The summed E-state index contributed by atoms with van der Waals surface area (Å²) < 4.78 is 27.0. The summed E-state index contributed by atoms with van der Waals surface area (Å²) in [5.74, 6) is -0.686. The van der Waals surface area contributed by atoms with Crippen LogP contribution < -0.4 is 10.6 Å². The Morgan fingerprint density at radius 2 is 2.12 bits per heavy atom. The minimum Gasteiger partial charge on any atom is -0.357 e. The zero-order valence-corrected chi connectivity index (χ0v) is 17.0. The van der Waals surface area contributed by atoms with E-state index in [2.05, 4.69) is 10.6 Å². The van der Waals surface area contributed by atoms with Gasteiger partial charge in [0.2, 0.25) is 11.8 Å². The molecule has 0 saturated carbocycles. The van der Waals surface area contributed by atoms with Gasteiger partial charge in [-0.25, -0.2) is 8.42 Å². The number of sulfonamides is 1. The van der Waals surface area contributed by atoms with Gasteiger partial charge < -0.3 is 10.6 Å². The maximum Gasteiger partial charge on any atom is 0.252 e. The molecule has 0 aliphatic carbocycles. The molecule has 2 heterocycles. The molecule has 146 valence electrons. The smallest absolute Gasteiger partial charge is 0.252 e. The molecule has 2 amide bonds. The predicted octanol–water partition coefficient (Wildman–Crippen LogP) is 1.43. The number of carbonyl (C=O) groups is 2. The van der Waals surface area contributed by atoms with E-state index < -0.39 is 22.0 Å². The molecule has 26 heavy (non-hydrogen) atoms. The molecule has 1 saturated heterocycles. The van der Waals surface area contributed by atoms with E-state index >= 15 is 0 Å². The van der Waals surface area contributed by atoms with Crippen molar-refractivity contribution in [2.75, 3.05) is 20.1 Å². The van der Waals surface area contributed by atoms with E-state index in [0.29, 0.717) is 30.0 Å². The highest BCUT2D eigenvalue weighted by Gasteiger charge is 2.35. The highest BCUT2D eigenvalue weighted by Crippen LogP contribution is 2.26. The average Bonchev–Trinajstić information content (AvgIpc) is 3.15. The lowest BCUT2D eigenvalue weighted by molar-refractivity contribution is -0.132. The third kappa shape index (κ3) is 5.05. The van der Waals surface area contributed by atoms with Gasteiger partial charge >= 0.3 is 0 Å². The van der Waals surface area contributed by atoms with Crippen molar-refractivity contribution >= 4 is 33.2 Å². The second-order valence-corrected chi connectivity index (χ2v) is 10.1. The molecule has 2 atom stereocenters. The fraction of sp³-hybridized carbons (Fsp3) is 0.647. The van der Waals surface area contributed by atoms with Crippen molar-refractivity contribution in [2.45, 2.75) is 43.4 Å². The number of nitrogens with zero attached hydrogens (tertiary/aromatic N) is 1. The Bertz CT molecular complexity index is 716. The third-order valence-electron chi connectivity index (χ3n) is 4.43. The molecule has 9 heteroatoms. The Morgan fingerprint density at radius 3 is 2.69 bits per heavy atom. The Labute approximate surface area is 159 Å². The van der Waals surface area contributed by atoms with E-state index in [4.69, 9.17) is 0 Å². The summed E-state index contributed by atoms with van der Waals surface area (Å²) in [7, 11) is -2.02.